The van der Waals surface area contributed by atoms with Gasteiger partial charge in [-0.1, -0.05) is 36.4 Å². The predicted octanol–water partition coefficient (Wildman–Crippen LogP) is 5.66. The first kappa shape index (κ1) is 24.3. The summed E-state index contributed by atoms with van der Waals surface area (Å²) in [6.07, 6.45) is 6.39. The summed E-state index contributed by atoms with van der Waals surface area (Å²) in [5.41, 5.74) is 4.01. The number of amides is 1. The molecular weight excluding hydrogens is 474 g/mol. The molecule has 2 aromatic carbocycles. The number of carbonyl (C=O) groups is 2. The number of hydrogen-bond donors (Lipinski definition) is 1. The molecule has 6 rings (SSSR count). The van der Waals surface area contributed by atoms with Crippen molar-refractivity contribution in [1.82, 2.24) is 14.9 Å². The number of hydrogen-bond acceptors (Lipinski definition) is 4. The number of benzene rings is 2. The zero-order valence-corrected chi connectivity index (χ0v) is 21.9. The molecule has 1 N–H and O–H groups in total. The average molecular weight is 506 g/mol. The maximum Gasteiger partial charge on any atom is 0.257 e. The number of aromatic nitrogens is 2. The molecule has 2 aliphatic rings. The first-order valence-electron chi connectivity index (χ1n) is 13.3. The summed E-state index contributed by atoms with van der Waals surface area (Å²) in [4.78, 5) is 42.8. The van der Waals surface area contributed by atoms with Crippen molar-refractivity contribution in [1.29, 1.82) is 0 Å². The summed E-state index contributed by atoms with van der Waals surface area (Å²) in [5, 5.41) is 3.50. The van der Waals surface area contributed by atoms with Crippen LogP contribution in [0.3, 0.4) is 0 Å². The summed E-state index contributed by atoms with van der Waals surface area (Å²) in [5.74, 6) is 0.833. The molecule has 0 radical (unpaired) electrons. The highest BCUT2D eigenvalue weighted by molar-refractivity contribution is 5.97. The Morgan fingerprint density at radius 1 is 1.00 bits per heavy atom. The third-order valence-corrected chi connectivity index (χ3v) is 8.15. The fourth-order valence-corrected chi connectivity index (χ4v) is 5.56. The lowest BCUT2D eigenvalue weighted by molar-refractivity contribution is -0.118. The van der Waals surface area contributed by atoms with Gasteiger partial charge in [0, 0.05) is 29.5 Å². The lowest BCUT2D eigenvalue weighted by atomic mass is 9.98. The van der Waals surface area contributed by atoms with E-state index in [2.05, 4.69) is 34.6 Å². The van der Waals surface area contributed by atoms with E-state index in [0.29, 0.717) is 22.9 Å². The monoisotopic (exact) mass is 505 g/mol. The summed E-state index contributed by atoms with van der Waals surface area (Å²) < 4.78 is 1.83. The van der Waals surface area contributed by atoms with Gasteiger partial charge in [-0.25, -0.2) is 4.98 Å². The molecule has 0 saturated heterocycles. The molecule has 0 spiro atoms. The Hall–Kier alpha value is -4.06. The van der Waals surface area contributed by atoms with Crippen LogP contribution in [0.1, 0.15) is 61.9 Å². The zero-order valence-electron chi connectivity index (χ0n) is 21.9. The highest BCUT2D eigenvalue weighted by atomic mass is 16.2. The van der Waals surface area contributed by atoms with Crippen molar-refractivity contribution in [3.8, 4) is 16.8 Å². The Balaban J connectivity index is 1.37. The Morgan fingerprint density at radius 2 is 1.76 bits per heavy atom. The second-order valence-electron chi connectivity index (χ2n) is 11.3. The third kappa shape index (κ3) is 4.44. The van der Waals surface area contributed by atoms with E-state index in [9.17, 15) is 14.4 Å². The largest absolute Gasteiger partial charge is 0.347 e. The predicted molar refractivity (Wildman–Crippen MR) is 149 cm³/mol. The SMILES string of the molecule is CC(=O)C1CC1c1ccc(-c2cccc(-n3cc(C(=O)NC(C)(C)C4CC4)c(=O)c4cccnc43)c2)cc1. The number of nitrogens with zero attached hydrogens (tertiary/aromatic N) is 2. The van der Waals surface area contributed by atoms with Gasteiger partial charge < -0.3 is 9.88 Å². The number of pyridine rings is 2. The lowest BCUT2D eigenvalue weighted by Crippen LogP contribution is -2.46. The van der Waals surface area contributed by atoms with Gasteiger partial charge in [0.15, 0.2) is 0 Å². The highest BCUT2D eigenvalue weighted by Gasteiger charge is 2.41. The molecular formula is C32H31N3O3. The van der Waals surface area contributed by atoms with Crippen LogP contribution in [-0.2, 0) is 4.79 Å². The van der Waals surface area contributed by atoms with E-state index in [-0.39, 0.29) is 34.1 Å². The fraction of sp³-hybridized carbons (Fsp3) is 0.312. The van der Waals surface area contributed by atoms with Crippen molar-refractivity contribution in [3.05, 3.63) is 94.4 Å². The van der Waals surface area contributed by atoms with Crippen LogP contribution in [0.15, 0.2) is 77.9 Å². The smallest absolute Gasteiger partial charge is 0.257 e. The minimum atomic E-state index is -0.366. The highest BCUT2D eigenvalue weighted by Crippen LogP contribution is 2.48. The van der Waals surface area contributed by atoms with E-state index in [1.54, 1.807) is 31.5 Å². The molecule has 2 fully saturated rings. The topological polar surface area (TPSA) is 81.1 Å². The minimum absolute atomic E-state index is 0.110. The average Bonchev–Trinajstić information content (AvgIpc) is 3.82. The van der Waals surface area contributed by atoms with Crippen molar-refractivity contribution in [2.75, 3.05) is 0 Å². The maximum atomic E-state index is 13.3. The van der Waals surface area contributed by atoms with E-state index in [1.807, 2.05) is 42.7 Å². The summed E-state index contributed by atoms with van der Waals surface area (Å²) in [6.45, 7) is 5.70. The van der Waals surface area contributed by atoms with Crippen LogP contribution in [0.2, 0.25) is 0 Å². The standard InChI is InChI=1S/C32H31N3O3/c1-19(36)26-17-27(26)21-11-9-20(10-12-21)22-6-4-7-24(16-22)35-18-28(29(37)25-8-5-15-33-30(25)35)31(38)34-32(2,3)23-13-14-23/h4-12,15-16,18,23,26-27H,13-14,17H2,1-3H3,(H,34,38). The fourth-order valence-electron chi connectivity index (χ4n) is 5.56. The molecule has 192 valence electrons. The molecule has 2 saturated carbocycles. The second kappa shape index (κ2) is 9.05. The molecule has 0 bridgehead atoms. The summed E-state index contributed by atoms with van der Waals surface area (Å²) in [6, 6.07) is 19.8. The molecule has 2 aliphatic carbocycles. The van der Waals surface area contributed by atoms with Gasteiger partial charge >= 0.3 is 0 Å². The van der Waals surface area contributed by atoms with Crippen LogP contribution in [-0.4, -0.2) is 26.8 Å². The summed E-state index contributed by atoms with van der Waals surface area (Å²) in [7, 11) is 0. The molecule has 1 amide bonds. The molecule has 2 atom stereocenters. The van der Waals surface area contributed by atoms with Crippen LogP contribution in [0.4, 0.5) is 0 Å². The van der Waals surface area contributed by atoms with Crippen LogP contribution in [0.5, 0.6) is 0 Å². The Bertz CT molecular complexity index is 1630. The molecule has 4 aromatic rings. The number of ketones is 1. The summed E-state index contributed by atoms with van der Waals surface area (Å²) >= 11 is 0. The van der Waals surface area contributed by atoms with E-state index in [4.69, 9.17) is 0 Å². The van der Waals surface area contributed by atoms with E-state index in [0.717, 1.165) is 36.1 Å². The van der Waals surface area contributed by atoms with E-state index in [1.165, 1.54) is 5.56 Å². The number of nitrogens with one attached hydrogen (secondary N) is 1. The van der Waals surface area contributed by atoms with Crippen LogP contribution < -0.4 is 10.7 Å². The Kier molecular flexibility index (Phi) is 5.78. The Labute approximate surface area is 221 Å². The van der Waals surface area contributed by atoms with Gasteiger partial charge in [-0.15, -0.1) is 0 Å². The molecule has 2 unspecified atom stereocenters. The normalized spacial score (nSPS) is 18.8. The molecule has 38 heavy (non-hydrogen) atoms. The number of carbonyl (C=O) groups excluding carboxylic acids is 2. The van der Waals surface area contributed by atoms with Gasteiger partial charge in [0.25, 0.3) is 5.91 Å². The molecule has 6 heteroatoms. The van der Waals surface area contributed by atoms with Gasteiger partial charge in [-0.05, 0) is 92.8 Å². The number of rotatable bonds is 7. The van der Waals surface area contributed by atoms with Gasteiger partial charge in [-0.3, -0.25) is 14.4 Å². The third-order valence-electron chi connectivity index (χ3n) is 8.15. The first-order valence-corrected chi connectivity index (χ1v) is 13.3. The van der Waals surface area contributed by atoms with Crippen LogP contribution >= 0.6 is 0 Å². The van der Waals surface area contributed by atoms with Crippen molar-refractivity contribution in [2.24, 2.45) is 11.8 Å². The van der Waals surface area contributed by atoms with Crippen molar-refractivity contribution in [2.45, 2.75) is 51.5 Å². The quantitative estimate of drug-likeness (QED) is 0.351. The van der Waals surface area contributed by atoms with E-state index < -0.39 is 0 Å². The number of Topliss-reactive ketones (excluding diaryl/α,β-unsaturated/α-hetero) is 1. The molecule has 2 aromatic heterocycles. The van der Waals surface area contributed by atoms with Gasteiger partial charge in [-0.2, -0.15) is 0 Å². The van der Waals surface area contributed by atoms with E-state index >= 15 is 0 Å². The van der Waals surface area contributed by atoms with Crippen LogP contribution in [0, 0.1) is 11.8 Å². The molecule has 0 aliphatic heterocycles. The Morgan fingerprint density at radius 3 is 2.45 bits per heavy atom. The van der Waals surface area contributed by atoms with Crippen molar-refractivity contribution < 1.29 is 9.59 Å². The second-order valence-corrected chi connectivity index (χ2v) is 11.3. The van der Waals surface area contributed by atoms with Crippen molar-refractivity contribution >= 4 is 22.7 Å². The maximum absolute atomic E-state index is 13.3. The molecule has 6 nitrogen and oxygen atoms in total. The van der Waals surface area contributed by atoms with Gasteiger partial charge in [0.1, 0.15) is 17.0 Å². The number of fused-ring (bicyclic) bond motifs is 1. The van der Waals surface area contributed by atoms with Gasteiger partial charge in [0.2, 0.25) is 5.43 Å². The van der Waals surface area contributed by atoms with Gasteiger partial charge in [0.05, 0.1) is 5.39 Å². The van der Waals surface area contributed by atoms with Crippen molar-refractivity contribution in [3.63, 3.8) is 0 Å². The van der Waals surface area contributed by atoms with Crippen LogP contribution in [0.25, 0.3) is 27.8 Å². The zero-order chi connectivity index (χ0) is 26.6. The molecule has 2 heterocycles. The lowest BCUT2D eigenvalue weighted by Gasteiger charge is -2.26. The first-order chi connectivity index (χ1) is 18.2. The minimum Gasteiger partial charge on any atom is -0.347 e.